The summed E-state index contributed by atoms with van der Waals surface area (Å²) in [6.07, 6.45) is 4.74. The van der Waals surface area contributed by atoms with Crippen molar-refractivity contribution >= 4 is 17.0 Å². The van der Waals surface area contributed by atoms with E-state index in [9.17, 15) is 15.2 Å². The van der Waals surface area contributed by atoms with Gasteiger partial charge in [0.05, 0.1) is 56.1 Å². The summed E-state index contributed by atoms with van der Waals surface area (Å²) in [7, 11) is 3.11. The Labute approximate surface area is 260 Å². The molecule has 2 saturated heterocycles. The molecule has 4 aromatic rings. The third-order valence-electron chi connectivity index (χ3n) is 9.36. The first-order valence-electron chi connectivity index (χ1n) is 15.1. The van der Waals surface area contributed by atoms with Crippen LogP contribution in [0.1, 0.15) is 52.4 Å². The number of aromatic carboxylic acids is 1. The minimum absolute atomic E-state index is 0.0679. The van der Waals surface area contributed by atoms with E-state index in [4.69, 9.17) is 28.9 Å². The summed E-state index contributed by atoms with van der Waals surface area (Å²) < 4.78 is 24.9. The Balaban J connectivity index is 1.06. The lowest BCUT2D eigenvalue weighted by molar-refractivity contribution is -0.0592. The van der Waals surface area contributed by atoms with Crippen LogP contribution in [0.3, 0.4) is 0 Å². The third-order valence-corrected chi connectivity index (χ3v) is 9.36. The average molecular weight is 611 g/mol. The van der Waals surface area contributed by atoms with E-state index in [1.165, 1.54) is 13.2 Å². The highest BCUT2D eigenvalue weighted by Gasteiger charge is 2.59. The number of benzene rings is 2. The van der Waals surface area contributed by atoms with Crippen LogP contribution in [0, 0.1) is 17.2 Å². The predicted octanol–water partition coefficient (Wildman–Crippen LogP) is 3.94. The summed E-state index contributed by atoms with van der Waals surface area (Å²) in [5.74, 6) is 2.67. The number of rotatable bonds is 11. The number of nitriles is 1. The highest BCUT2D eigenvalue weighted by Crippen LogP contribution is 2.58. The SMILES string of the molecule is COc1cc(C#N)ccc1COc1ccnc(C23CCN(Cc4nc5c(OC)cc(C(=O)O)cc5n4CC4CCO4)CC2C3)n1. The smallest absolute Gasteiger partial charge is 0.335 e. The second kappa shape index (κ2) is 11.6. The van der Waals surface area contributed by atoms with Crippen molar-refractivity contribution in [3.05, 3.63) is 70.9 Å². The van der Waals surface area contributed by atoms with Crippen molar-refractivity contribution in [3.8, 4) is 23.4 Å². The Morgan fingerprint density at radius 2 is 2.02 bits per heavy atom. The quantitative estimate of drug-likeness (QED) is 0.264. The van der Waals surface area contributed by atoms with Gasteiger partial charge in [-0.2, -0.15) is 10.2 Å². The number of imidazole rings is 1. The van der Waals surface area contributed by atoms with Crippen molar-refractivity contribution in [2.75, 3.05) is 33.9 Å². The highest BCUT2D eigenvalue weighted by atomic mass is 16.5. The summed E-state index contributed by atoms with van der Waals surface area (Å²) in [4.78, 5) is 28.7. The van der Waals surface area contributed by atoms with Crippen LogP contribution < -0.4 is 14.2 Å². The molecule has 1 N–H and O–H groups in total. The molecule has 1 aliphatic carbocycles. The molecule has 4 heterocycles. The fraction of sp³-hybridized carbons (Fsp3) is 0.424. The number of carbonyl (C=O) groups is 1. The van der Waals surface area contributed by atoms with Crippen LogP contribution in [-0.2, 0) is 29.8 Å². The minimum Gasteiger partial charge on any atom is -0.496 e. The van der Waals surface area contributed by atoms with E-state index < -0.39 is 5.97 Å². The number of hydrogen-bond acceptors (Lipinski definition) is 10. The third kappa shape index (κ3) is 5.43. The van der Waals surface area contributed by atoms with Gasteiger partial charge in [0.15, 0.2) is 0 Å². The predicted molar refractivity (Wildman–Crippen MR) is 161 cm³/mol. The Kier molecular flexibility index (Phi) is 7.51. The Morgan fingerprint density at radius 1 is 1.18 bits per heavy atom. The summed E-state index contributed by atoms with van der Waals surface area (Å²) in [6.45, 7) is 4.00. The van der Waals surface area contributed by atoms with E-state index >= 15 is 0 Å². The lowest BCUT2D eigenvalue weighted by Crippen LogP contribution is -2.38. The number of methoxy groups -OCH3 is 2. The zero-order valence-corrected chi connectivity index (χ0v) is 25.2. The van der Waals surface area contributed by atoms with Crippen LogP contribution in [0.4, 0.5) is 0 Å². The van der Waals surface area contributed by atoms with Crippen molar-refractivity contribution in [3.63, 3.8) is 0 Å². The van der Waals surface area contributed by atoms with E-state index in [0.717, 1.165) is 61.7 Å². The molecule has 2 aliphatic heterocycles. The first-order valence-corrected chi connectivity index (χ1v) is 15.1. The molecule has 3 aliphatic rings. The Hall–Kier alpha value is -4.73. The number of carboxylic acid groups (broad SMARTS) is 1. The van der Waals surface area contributed by atoms with Crippen molar-refractivity contribution in [1.29, 1.82) is 5.26 Å². The van der Waals surface area contributed by atoms with Crippen molar-refractivity contribution in [2.45, 2.75) is 50.5 Å². The van der Waals surface area contributed by atoms with Gasteiger partial charge in [-0.25, -0.2) is 14.8 Å². The molecule has 0 amide bonds. The number of likely N-dealkylation sites (tertiary alicyclic amines) is 1. The molecule has 7 rings (SSSR count). The van der Waals surface area contributed by atoms with Gasteiger partial charge >= 0.3 is 5.97 Å². The van der Waals surface area contributed by atoms with Gasteiger partial charge in [-0.05, 0) is 56.0 Å². The van der Waals surface area contributed by atoms with Gasteiger partial charge in [0.2, 0.25) is 5.88 Å². The average Bonchev–Trinajstić information content (AvgIpc) is 3.68. The molecule has 2 aromatic heterocycles. The summed E-state index contributed by atoms with van der Waals surface area (Å²) in [5.41, 5.74) is 2.88. The molecular formula is C33H34N6O6. The lowest BCUT2D eigenvalue weighted by atomic mass is 9.94. The molecule has 0 radical (unpaired) electrons. The minimum atomic E-state index is -1.00. The van der Waals surface area contributed by atoms with Gasteiger partial charge in [0.25, 0.3) is 0 Å². The molecule has 3 atom stereocenters. The second-order valence-electron chi connectivity index (χ2n) is 12.0. The van der Waals surface area contributed by atoms with E-state index in [1.54, 1.807) is 37.6 Å². The normalized spacial score (nSPS) is 22.2. The molecule has 1 saturated carbocycles. The summed E-state index contributed by atoms with van der Waals surface area (Å²) >= 11 is 0. The maximum atomic E-state index is 11.8. The number of fused-ring (bicyclic) bond motifs is 2. The lowest BCUT2D eigenvalue weighted by Gasteiger charge is -2.31. The molecule has 12 heteroatoms. The van der Waals surface area contributed by atoms with E-state index in [-0.39, 0.29) is 23.7 Å². The molecule has 3 unspecified atom stereocenters. The first-order chi connectivity index (χ1) is 21.9. The van der Waals surface area contributed by atoms with Crippen LogP contribution in [0.15, 0.2) is 42.6 Å². The van der Waals surface area contributed by atoms with Gasteiger partial charge in [-0.3, -0.25) is 4.90 Å². The number of carboxylic acids is 1. The van der Waals surface area contributed by atoms with Gasteiger partial charge in [0.1, 0.15) is 35.3 Å². The van der Waals surface area contributed by atoms with E-state index in [0.29, 0.717) is 47.5 Å². The van der Waals surface area contributed by atoms with Gasteiger partial charge < -0.3 is 28.6 Å². The van der Waals surface area contributed by atoms with E-state index in [1.807, 2.05) is 6.07 Å². The van der Waals surface area contributed by atoms with Crippen molar-refractivity contribution in [1.82, 2.24) is 24.4 Å². The molecule has 0 bridgehead atoms. The number of piperidine rings is 1. The summed E-state index contributed by atoms with van der Waals surface area (Å²) in [6, 6.07) is 12.4. The fourth-order valence-corrected chi connectivity index (χ4v) is 6.64. The Bertz CT molecular complexity index is 1810. The first kappa shape index (κ1) is 29.0. The van der Waals surface area contributed by atoms with E-state index in [2.05, 4.69) is 20.5 Å². The molecule has 0 spiro atoms. The molecule has 2 aromatic carbocycles. The van der Waals surface area contributed by atoms with Gasteiger partial charge in [0, 0.05) is 36.4 Å². The maximum Gasteiger partial charge on any atom is 0.335 e. The van der Waals surface area contributed by atoms with Crippen molar-refractivity contribution in [2.24, 2.45) is 5.92 Å². The standard InChI is InChI=1S/C33H34N6O6/c1-42-26-11-20(15-34)3-4-21(26)19-45-29-5-8-35-32(37-29)33-7-9-38(16-23(33)14-33)18-28-36-30-25(39(28)17-24-6-10-44-24)12-22(31(40)41)13-27(30)43-2/h3-5,8,11-13,23-24H,6-7,9-10,14,16-19H2,1-2H3,(H,40,41). The Morgan fingerprint density at radius 3 is 2.73 bits per heavy atom. The topological polar surface area (TPSA) is 145 Å². The van der Waals surface area contributed by atoms with Crippen LogP contribution >= 0.6 is 0 Å². The molecule has 3 fully saturated rings. The number of ether oxygens (including phenoxy) is 4. The van der Waals surface area contributed by atoms with Crippen LogP contribution in [0.25, 0.3) is 11.0 Å². The maximum absolute atomic E-state index is 11.8. The molecule has 232 valence electrons. The number of hydrogen-bond donors (Lipinski definition) is 1. The monoisotopic (exact) mass is 610 g/mol. The molecular weight excluding hydrogens is 576 g/mol. The zero-order valence-electron chi connectivity index (χ0n) is 25.2. The van der Waals surface area contributed by atoms with Crippen LogP contribution in [-0.4, -0.2) is 75.5 Å². The molecule has 12 nitrogen and oxygen atoms in total. The fourth-order valence-electron chi connectivity index (χ4n) is 6.64. The van der Waals surface area contributed by atoms with Gasteiger partial charge in [-0.1, -0.05) is 6.07 Å². The van der Waals surface area contributed by atoms with Crippen LogP contribution in [0.2, 0.25) is 0 Å². The highest BCUT2D eigenvalue weighted by molar-refractivity contribution is 5.95. The zero-order chi connectivity index (χ0) is 31.1. The van der Waals surface area contributed by atoms with Crippen LogP contribution in [0.5, 0.6) is 17.4 Å². The second-order valence-corrected chi connectivity index (χ2v) is 12.0. The number of aromatic nitrogens is 4. The van der Waals surface area contributed by atoms with Gasteiger partial charge in [-0.15, -0.1) is 0 Å². The molecule has 45 heavy (non-hydrogen) atoms. The largest absolute Gasteiger partial charge is 0.496 e. The van der Waals surface area contributed by atoms with Crippen molar-refractivity contribution < 1.29 is 28.8 Å². The number of nitrogens with zero attached hydrogens (tertiary/aromatic N) is 6. The summed E-state index contributed by atoms with van der Waals surface area (Å²) in [5, 5.41) is 18.9.